The summed E-state index contributed by atoms with van der Waals surface area (Å²) in [6.45, 7) is 11.8. The van der Waals surface area contributed by atoms with E-state index in [2.05, 4.69) is 5.32 Å². The third kappa shape index (κ3) is 6.55. The summed E-state index contributed by atoms with van der Waals surface area (Å²) in [6.07, 6.45) is 1.56. The minimum Gasteiger partial charge on any atom is -0.464 e. The first-order valence-corrected chi connectivity index (χ1v) is 9.03. The number of nitrogens with one attached hydrogen (secondary N) is 1. The fourth-order valence-electron chi connectivity index (χ4n) is 2.72. The highest BCUT2D eigenvalue weighted by molar-refractivity contribution is 5.91. The standard InChI is InChI=1S/C18H32N2O5/c1-7-8-11-24-16(22)14(12(2)3)20-10-9-13(15(20)21)19-17(23)25-18(4,5)6/h12-14H,7-11H2,1-6H3,(H,19,23)/t13-,14-/m0/s1. The summed E-state index contributed by atoms with van der Waals surface area (Å²) < 4.78 is 10.5. The van der Waals surface area contributed by atoms with E-state index in [1.165, 1.54) is 4.90 Å². The molecule has 144 valence electrons. The van der Waals surface area contributed by atoms with Gasteiger partial charge in [0.25, 0.3) is 0 Å². The predicted octanol–water partition coefficient (Wildman–Crippen LogP) is 2.48. The van der Waals surface area contributed by atoms with Crippen molar-refractivity contribution in [1.29, 1.82) is 0 Å². The van der Waals surface area contributed by atoms with E-state index in [1.807, 2.05) is 20.8 Å². The second-order valence-electron chi connectivity index (χ2n) is 7.73. The van der Waals surface area contributed by atoms with Crippen LogP contribution in [-0.4, -0.2) is 53.7 Å². The molecule has 1 N–H and O–H groups in total. The Kier molecular flexibility index (Phi) is 7.70. The van der Waals surface area contributed by atoms with Gasteiger partial charge in [0.2, 0.25) is 5.91 Å². The average Bonchev–Trinajstić information content (AvgIpc) is 2.79. The van der Waals surface area contributed by atoms with Gasteiger partial charge < -0.3 is 19.7 Å². The fourth-order valence-corrected chi connectivity index (χ4v) is 2.72. The van der Waals surface area contributed by atoms with Crippen LogP contribution in [0.15, 0.2) is 0 Å². The Labute approximate surface area is 150 Å². The zero-order chi connectivity index (χ0) is 19.2. The molecule has 7 nitrogen and oxygen atoms in total. The number of ether oxygens (including phenoxy) is 2. The smallest absolute Gasteiger partial charge is 0.408 e. The highest BCUT2D eigenvalue weighted by Gasteiger charge is 2.42. The Balaban J connectivity index is 2.70. The molecule has 1 aliphatic rings. The summed E-state index contributed by atoms with van der Waals surface area (Å²) in [5, 5.41) is 2.60. The molecule has 0 radical (unpaired) electrons. The van der Waals surface area contributed by atoms with Gasteiger partial charge >= 0.3 is 12.1 Å². The van der Waals surface area contributed by atoms with Crippen LogP contribution in [0.3, 0.4) is 0 Å². The quantitative estimate of drug-likeness (QED) is 0.559. The van der Waals surface area contributed by atoms with Crippen molar-refractivity contribution in [1.82, 2.24) is 10.2 Å². The normalized spacial score (nSPS) is 19.1. The van der Waals surface area contributed by atoms with E-state index in [-0.39, 0.29) is 17.8 Å². The van der Waals surface area contributed by atoms with E-state index >= 15 is 0 Å². The van der Waals surface area contributed by atoms with Crippen LogP contribution < -0.4 is 5.32 Å². The molecule has 2 amide bonds. The second-order valence-corrected chi connectivity index (χ2v) is 7.73. The fraction of sp³-hybridized carbons (Fsp3) is 0.833. The SMILES string of the molecule is CCCCOC(=O)[C@H](C(C)C)N1CC[C@H](NC(=O)OC(C)(C)C)C1=O. The Morgan fingerprint density at radius 1 is 1.32 bits per heavy atom. The lowest BCUT2D eigenvalue weighted by atomic mass is 10.0. The molecule has 0 aliphatic carbocycles. The second kappa shape index (κ2) is 9.06. The molecule has 0 aromatic carbocycles. The molecule has 0 spiro atoms. The van der Waals surface area contributed by atoms with E-state index in [0.717, 1.165) is 12.8 Å². The number of esters is 1. The van der Waals surface area contributed by atoms with Gasteiger partial charge in [0.05, 0.1) is 6.61 Å². The summed E-state index contributed by atoms with van der Waals surface area (Å²) in [6, 6.07) is -1.30. The monoisotopic (exact) mass is 356 g/mol. The predicted molar refractivity (Wildman–Crippen MR) is 94.0 cm³/mol. The van der Waals surface area contributed by atoms with Crippen LogP contribution in [0.1, 0.15) is 60.8 Å². The molecule has 0 unspecified atom stereocenters. The first kappa shape index (κ1) is 21.3. The minimum atomic E-state index is -0.667. The molecule has 1 saturated heterocycles. The van der Waals surface area contributed by atoms with Crippen LogP contribution in [0.25, 0.3) is 0 Å². The Bertz CT molecular complexity index is 484. The van der Waals surface area contributed by atoms with Gasteiger partial charge in [-0.3, -0.25) is 4.79 Å². The maximum absolute atomic E-state index is 12.6. The molecular weight excluding hydrogens is 324 g/mol. The number of nitrogens with zero attached hydrogens (tertiary/aromatic N) is 1. The molecule has 1 rings (SSSR count). The summed E-state index contributed by atoms with van der Waals surface area (Å²) in [5.41, 5.74) is -0.630. The first-order valence-electron chi connectivity index (χ1n) is 9.03. The van der Waals surface area contributed by atoms with Crippen LogP contribution in [0.2, 0.25) is 0 Å². The number of hydrogen-bond acceptors (Lipinski definition) is 5. The molecule has 0 aromatic heterocycles. The van der Waals surface area contributed by atoms with Crippen molar-refractivity contribution in [3.63, 3.8) is 0 Å². The van der Waals surface area contributed by atoms with Gasteiger partial charge in [0.15, 0.2) is 0 Å². The number of hydrogen-bond donors (Lipinski definition) is 1. The van der Waals surface area contributed by atoms with Crippen molar-refractivity contribution in [2.24, 2.45) is 5.92 Å². The minimum absolute atomic E-state index is 0.0710. The Morgan fingerprint density at radius 2 is 1.96 bits per heavy atom. The molecular formula is C18H32N2O5. The number of amides is 2. The number of likely N-dealkylation sites (tertiary alicyclic amines) is 1. The van der Waals surface area contributed by atoms with Crippen molar-refractivity contribution >= 4 is 18.0 Å². The highest BCUT2D eigenvalue weighted by Crippen LogP contribution is 2.21. The van der Waals surface area contributed by atoms with Gasteiger partial charge in [-0.1, -0.05) is 27.2 Å². The number of rotatable bonds is 7. The lowest BCUT2D eigenvalue weighted by Crippen LogP contribution is -2.50. The molecule has 1 fully saturated rings. The van der Waals surface area contributed by atoms with Crippen LogP contribution in [0.4, 0.5) is 4.79 Å². The van der Waals surface area contributed by atoms with Crippen LogP contribution >= 0.6 is 0 Å². The lowest BCUT2D eigenvalue weighted by molar-refractivity contribution is -0.156. The van der Waals surface area contributed by atoms with E-state index in [0.29, 0.717) is 19.6 Å². The summed E-state index contributed by atoms with van der Waals surface area (Å²) in [4.78, 5) is 38.4. The highest BCUT2D eigenvalue weighted by atomic mass is 16.6. The topological polar surface area (TPSA) is 84.9 Å². The zero-order valence-electron chi connectivity index (χ0n) is 16.3. The van der Waals surface area contributed by atoms with Gasteiger partial charge in [0, 0.05) is 6.54 Å². The van der Waals surface area contributed by atoms with Crippen LogP contribution in [0.5, 0.6) is 0 Å². The average molecular weight is 356 g/mol. The third-order valence-electron chi connectivity index (χ3n) is 3.88. The molecule has 7 heteroatoms. The molecule has 0 aromatic rings. The van der Waals surface area contributed by atoms with Crippen molar-refractivity contribution in [3.8, 4) is 0 Å². The lowest BCUT2D eigenvalue weighted by Gasteiger charge is -2.29. The largest absolute Gasteiger partial charge is 0.464 e. The molecule has 0 saturated carbocycles. The maximum Gasteiger partial charge on any atom is 0.408 e. The maximum atomic E-state index is 12.6. The van der Waals surface area contributed by atoms with Crippen molar-refractivity contribution in [2.45, 2.75) is 78.5 Å². The van der Waals surface area contributed by atoms with E-state index in [4.69, 9.17) is 9.47 Å². The molecule has 25 heavy (non-hydrogen) atoms. The van der Waals surface area contributed by atoms with Gasteiger partial charge in [-0.15, -0.1) is 0 Å². The summed E-state index contributed by atoms with van der Waals surface area (Å²) >= 11 is 0. The number of unbranched alkanes of at least 4 members (excludes halogenated alkanes) is 1. The van der Waals surface area contributed by atoms with Crippen LogP contribution in [0, 0.1) is 5.92 Å². The van der Waals surface area contributed by atoms with Crippen molar-refractivity contribution < 1.29 is 23.9 Å². The van der Waals surface area contributed by atoms with Gasteiger partial charge in [-0.05, 0) is 39.5 Å². The zero-order valence-corrected chi connectivity index (χ0v) is 16.3. The van der Waals surface area contributed by atoms with Gasteiger partial charge in [-0.2, -0.15) is 0 Å². The van der Waals surface area contributed by atoms with E-state index in [1.54, 1.807) is 20.8 Å². The Morgan fingerprint density at radius 3 is 2.48 bits per heavy atom. The van der Waals surface area contributed by atoms with Gasteiger partial charge in [-0.25, -0.2) is 9.59 Å². The van der Waals surface area contributed by atoms with E-state index < -0.39 is 23.8 Å². The van der Waals surface area contributed by atoms with Crippen molar-refractivity contribution in [2.75, 3.05) is 13.2 Å². The van der Waals surface area contributed by atoms with Crippen LogP contribution in [-0.2, 0) is 19.1 Å². The number of carbonyl (C=O) groups excluding carboxylic acids is 3. The molecule has 1 heterocycles. The molecule has 1 aliphatic heterocycles. The Hall–Kier alpha value is -1.79. The summed E-state index contributed by atoms with van der Waals surface area (Å²) in [7, 11) is 0. The molecule has 2 atom stereocenters. The molecule has 0 bridgehead atoms. The summed E-state index contributed by atoms with van der Waals surface area (Å²) in [5.74, 6) is -0.718. The first-order chi connectivity index (χ1) is 11.6. The van der Waals surface area contributed by atoms with E-state index in [9.17, 15) is 14.4 Å². The van der Waals surface area contributed by atoms with Crippen molar-refractivity contribution in [3.05, 3.63) is 0 Å². The third-order valence-corrected chi connectivity index (χ3v) is 3.88. The number of alkyl carbamates (subject to hydrolysis) is 1. The van der Waals surface area contributed by atoms with Gasteiger partial charge in [0.1, 0.15) is 17.7 Å². The number of carbonyl (C=O) groups is 3.